The average Bonchev–Trinajstić information content (AvgIpc) is 3.07. The highest BCUT2D eigenvalue weighted by Gasteiger charge is 2.21. The number of hydrogen-bond donors (Lipinski definition) is 1. The fourth-order valence-electron chi connectivity index (χ4n) is 2.44. The number of ether oxygens (including phenoxy) is 1. The molecule has 0 fully saturated rings. The van der Waals surface area contributed by atoms with Crippen LogP contribution in [0.1, 0.15) is 18.2 Å². The van der Waals surface area contributed by atoms with Crippen LogP contribution >= 0.6 is 0 Å². The summed E-state index contributed by atoms with van der Waals surface area (Å²) in [5.74, 6) is 1.53. The van der Waals surface area contributed by atoms with E-state index in [1.807, 2.05) is 13.0 Å². The number of nitrogens with one attached hydrogen (secondary N) is 1. The summed E-state index contributed by atoms with van der Waals surface area (Å²) in [5, 5.41) is 0. The number of fused-ring (bicyclic) bond motifs is 1. The molecule has 1 atom stereocenters. The van der Waals surface area contributed by atoms with Gasteiger partial charge in [-0.25, -0.2) is 13.1 Å². The molecule has 1 aliphatic rings. The Morgan fingerprint density at radius 2 is 2.19 bits per heavy atom. The zero-order valence-corrected chi connectivity index (χ0v) is 12.5. The van der Waals surface area contributed by atoms with Crippen LogP contribution < -0.4 is 9.46 Å². The van der Waals surface area contributed by atoms with E-state index in [9.17, 15) is 8.42 Å². The standard InChI is InChI=1S/C15H17NO4S/c1-11(9-13-3-2-7-19-13)16-21(17,18)14-4-5-15-12(10-14)6-8-20-15/h2-5,7,10-11,16H,6,8-9H2,1H3. The molecule has 0 amide bonds. The Labute approximate surface area is 124 Å². The van der Waals surface area contributed by atoms with Crippen LogP contribution in [-0.2, 0) is 22.9 Å². The molecule has 2 heterocycles. The predicted octanol–water partition coefficient (Wildman–Crippen LogP) is 2.12. The molecule has 0 bridgehead atoms. The van der Waals surface area contributed by atoms with Gasteiger partial charge in [0.25, 0.3) is 0 Å². The van der Waals surface area contributed by atoms with Crippen LogP contribution in [0, 0.1) is 0 Å². The van der Waals surface area contributed by atoms with Gasteiger partial charge in [0, 0.05) is 18.9 Å². The predicted molar refractivity (Wildman–Crippen MR) is 77.8 cm³/mol. The van der Waals surface area contributed by atoms with Crippen molar-refractivity contribution in [2.45, 2.75) is 30.7 Å². The van der Waals surface area contributed by atoms with Gasteiger partial charge < -0.3 is 9.15 Å². The first kappa shape index (κ1) is 14.2. The maximum absolute atomic E-state index is 12.4. The molecule has 112 valence electrons. The first-order valence-electron chi connectivity index (χ1n) is 6.85. The number of sulfonamides is 1. The molecule has 0 saturated carbocycles. The van der Waals surface area contributed by atoms with Crippen molar-refractivity contribution in [3.8, 4) is 5.75 Å². The minimum absolute atomic E-state index is 0.245. The maximum Gasteiger partial charge on any atom is 0.240 e. The van der Waals surface area contributed by atoms with Gasteiger partial charge in [0.1, 0.15) is 11.5 Å². The lowest BCUT2D eigenvalue weighted by molar-refractivity contribution is 0.356. The summed E-state index contributed by atoms with van der Waals surface area (Å²) in [4.78, 5) is 0.276. The van der Waals surface area contributed by atoms with Crippen LogP contribution in [0.5, 0.6) is 5.75 Å². The first-order valence-corrected chi connectivity index (χ1v) is 8.33. The zero-order valence-electron chi connectivity index (χ0n) is 11.7. The molecule has 1 aromatic carbocycles. The van der Waals surface area contributed by atoms with E-state index in [1.165, 1.54) is 0 Å². The van der Waals surface area contributed by atoms with Crippen LogP contribution in [0.4, 0.5) is 0 Å². The van der Waals surface area contributed by atoms with Gasteiger partial charge in [-0.3, -0.25) is 0 Å². The Morgan fingerprint density at radius 3 is 2.95 bits per heavy atom. The van der Waals surface area contributed by atoms with Crippen LogP contribution in [0.25, 0.3) is 0 Å². The molecule has 0 radical (unpaired) electrons. The topological polar surface area (TPSA) is 68.5 Å². The second-order valence-electron chi connectivity index (χ2n) is 5.17. The Bertz CT molecular complexity index is 722. The Balaban J connectivity index is 1.74. The summed E-state index contributed by atoms with van der Waals surface area (Å²) in [6.45, 7) is 2.43. The summed E-state index contributed by atoms with van der Waals surface area (Å²) in [7, 11) is -3.53. The van der Waals surface area contributed by atoms with Crippen molar-refractivity contribution in [3.05, 3.63) is 47.9 Å². The van der Waals surface area contributed by atoms with E-state index < -0.39 is 10.0 Å². The van der Waals surface area contributed by atoms with E-state index in [1.54, 1.807) is 30.5 Å². The summed E-state index contributed by atoms with van der Waals surface area (Å²) in [6, 6.07) is 8.35. The van der Waals surface area contributed by atoms with Crippen molar-refractivity contribution >= 4 is 10.0 Å². The lowest BCUT2D eigenvalue weighted by Gasteiger charge is -2.13. The fraction of sp³-hybridized carbons (Fsp3) is 0.333. The second-order valence-corrected chi connectivity index (χ2v) is 6.89. The molecule has 0 spiro atoms. The molecular formula is C15H17NO4S. The zero-order chi connectivity index (χ0) is 14.9. The molecule has 21 heavy (non-hydrogen) atoms. The van der Waals surface area contributed by atoms with E-state index in [-0.39, 0.29) is 10.9 Å². The lowest BCUT2D eigenvalue weighted by atomic mass is 10.2. The van der Waals surface area contributed by atoms with Gasteiger partial charge in [-0.15, -0.1) is 0 Å². The molecule has 1 aromatic heterocycles. The fourth-order valence-corrected chi connectivity index (χ4v) is 3.73. The van der Waals surface area contributed by atoms with E-state index in [4.69, 9.17) is 9.15 Å². The van der Waals surface area contributed by atoms with E-state index in [0.29, 0.717) is 13.0 Å². The lowest BCUT2D eigenvalue weighted by Crippen LogP contribution is -2.34. The largest absolute Gasteiger partial charge is 0.493 e. The van der Waals surface area contributed by atoms with E-state index in [0.717, 1.165) is 23.5 Å². The number of rotatable bonds is 5. The molecule has 0 aliphatic carbocycles. The molecule has 0 saturated heterocycles. The third kappa shape index (κ3) is 3.11. The van der Waals surface area contributed by atoms with Crippen LogP contribution in [0.15, 0.2) is 45.9 Å². The second kappa shape index (κ2) is 5.54. The minimum atomic E-state index is -3.53. The number of hydrogen-bond acceptors (Lipinski definition) is 4. The van der Waals surface area contributed by atoms with Crippen molar-refractivity contribution in [2.75, 3.05) is 6.61 Å². The van der Waals surface area contributed by atoms with Gasteiger partial charge in [-0.05, 0) is 42.8 Å². The smallest absolute Gasteiger partial charge is 0.240 e. The average molecular weight is 307 g/mol. The van der Waals surface area contributed by atoms with E-state index >= 15 is 0 Å². The van der Waals surface area contributed by atoms with Gasteiger partial charge in [0.2, 0.25) is 10.0 Å². The quantitative estimate of drug-likeness (QED) is 0.918. The normalized spacial score (nSPS) is 15.5. The van der Waals surface area contributed by atoms with Gasteiger partial charge in [-0.1, -0.05) is 0 Å². The molecule has 2 aromatic rings. The molecule has 3 rings (SSSR count). The Morgan fingerprint density at radius 1 is 1.33 bits per heavy atom. The summed E-state index contributed by atoms with van der Waals surface area (Å²) in [6.07, 6.45) is 2.85. The Kier molecular flexibility index (Phi) is 3.73. The SMILES string of the molecule is CC(Cc1ccco1)NS(=O)(=O)c1ccc2c(c1)CCO2. The third-order valence-electron chi connectivity index (χ3n) is 3.42. The van der Waals surface area contributed by atoms with Crippen molar-refractivity contribution in [1.29, 1.82) is 0 Å². The van der Waals surface area contributed by atoms with Crippen LogP contribution in [-0.4, -0.2) is 21.1 Å². The van der Waals surface area contributed by atoms with Crippen molar-refractivity contribution < 1.29 is 17.6 Å². The highest BCUT2D eigenvalue weighted by molar-refractivity contribution is 7.89. The molecule has 1 aliphatic heterocycles. The molecule has 5 nitrogen and oxygen atoms in total. The molecule has 6 heteroatoms. The van der Waals surface area contributed by atoms with Gasteiger partial charge in [0.05, 0.1) is 17.8 Å². The first-order chi connectivity index (χ1) is 10.0. The molecule has 1 N–H and O–H groups in total. The molecular weight excluding hydrogens is 290 g/mol. The summed E-state index contributed by atoms with van der Waals surface area (Å²) < 4.78 is 38.1. The molecule has 1 unspecified atom stereocenters. The van der Waals surface area contributed by atoms with Crippen LogP contribution in [0.2, 0.25) is 0 Å². The van der Waals surface area contributed by atoms with Crippen molar-refractivity contribution in [2.24, 2.45) is 0 Å². The third-order valence-corrected chi connectivity index (χ3v) is 5.00. The Hall–Kier alpha value is -1.79. The van der Waals surface area contributed by atoms with Crippen LogP contribution in [0.3, 0.4) is 0 Å². The highest BCUT2D eigenvalue weighted by Crippen LogP contribution is 2.27. The minimum Gasteiger partial charge on any atom is -0.493 e. The number of benzene rings is 1. The monoisotopic (exact) mass is 307 g/mol. The van der Waals surface area contributed by atoms with Gasteiger partial charge in [0.15, 0.2) is 0 Å². The van der Waals surface area contributed by atoms with Gasteiger partial charge >= 0.3 is 0 Å². The number of furan rings is 1. The van der Waals surface area contributed by atoms with Gasteiger partial charge in [-0.2, -0.15) is 0 Å². The van der Waals surface area contributed by atoms with Crippen molar-refractivity contribution in [3.63, 3.8) is 0 Å². The van der Waals surface area contributed by atoms with E-state index in [2.05, 4.69) is 4.72 Å². The van der Waals surface area contributed by atoms with Crippen molar-refractivity contribution in [1.82, 2.24) is 4.72 Å². The summed E-state index contributed by atoms with van der Waals surface area (Å²) in [5.41, 5.74) is 0.941. The highest BCUT2D eigenvalue weighted by atomic mass is 32.2. The maximum atomic E-state index is 12.4. The summed E-state index contributed by atoms with van der Waals surface area (Å²) >= 11 is 0.